The smallest absolute Gasteiger partial charge is 0.348 e. The van der Waals surface area contributed by atoms with Crippen LogP contribution in [-0.2, 0) is 4.74 Å². The molecule has 0 bridgehead atoms. The molecule has 0 aliphatic heterocycles. The zero-order chi connectivity index (χ0) is 14.0. The fourth-order valence-electron chi connectivity index (χ4n) is 1.56. The third-order valence-corrected chi connectivity index (χ3v) is 3.74. The number of carboxylic acid groups (broad SMARTS) is 1. The van der Waals surface area contributed by atoms with Gasteiger partial charge in [-0.25, -0.2) is 9.59 Å². The predicted octanol–water partition coefficient (Wildman–Crippen LogP) is 3.55. The highest BCUT2D eigenvalue weighted by molar-refractivity contribution is 7.12. The highest BCUT2D eigenvalue weighted by Gasteiger charge is 2.13. The van der Waals surface area contributed by atoms with Crippen LogP contribution in [0.1, 0.15) is 20.0 Å². The van der Waals surface area contributed by atoms with Crippen molar-refractivity contribution < 1.29 is 19.4 Å². The van der Waals surface area contributed by atoms with Gasteiger partial charge in [-0.2, -0.15) is 0 Å². The number of carboxylic acids is 1. The third-order valence-electron chi connectivity index (χ3n) is 2.52. The quantitative estimate of drug-likeness (QED) is 0.880. The standard InChI is InChI=1S/C13H9ClO4S/c1-18-13(17)11-5-8(6-19-11)7-2-3-9(12(15)16)10(14)4-7/h2-6H,1H3,(H,15,16). The number of thiophene rings is 1. The second kappa shape index (κ2) is 5.42. The fourth-order valence-corrected chi connectivity index (χ4v) is 2.66. The Kier molecular flexibility index (Phi) is 3.87. The lowest BCUT2D eigenvalue weighted by Crippen LogP contribution is -1.97. The third kappa shape index (κ3) is 2.77. The summed E-state index contributed by atoms with van der Waals surface area (Å²) in [5, 5.41) is 10.8. The lowest BCUT2D eigenvalue weighted by Gasteiger charge is -2.02. The molecule has 1 aromatic heterocycles. The number of methoxy groups -OCH3 is 1. The predicted molar refractivity (Wildman–Crippen MR) is 73.1 cm³/mol. The van der Waals surface area contributed by atoms with Crippen molar-refractivity contribution in [3.8, 4) is 11.1 Å². The van der Waals surface area contributed by atoms with Crippen molar-refractivity contribution in [3.05, 3.63) is 45.1 Å². The maximum absolute atomic E-state index is 11.4. The van der Waals surface area contributed by atoms with Crippen LogP contribution in [0.5, 0.6) is 0 Å². The lowest BCUT2D eigenvalue weighted by molar-refractivity contribution is 0.0605. The Morgan fingerprint density at radius 1 is 1.26 bits per heavy atom. The fraction of sp³-hybridized carbons (Fsp3) is 0.0769. The number of halogens is 1. The van der Waals surface area contributed by atoms with Crippen LogP contribution in [0.4, 0.5) is 0 Å². The summed E-state index contributed by atoms with van der Waals surface area (Å²) in [6.07, 6.45) is 0. The van der Waals surface area contributed by atoms with E-state index < -0.39 is 11.9 Å². The van der Waals surface area contributed by atoms with Gasteiger partial charge in [-0.1, -0.05) is 17.7 Å². The molecular formula is C13H9ClO4S. The maximum Gasteiger partial charge on any atom is 0.348 e. The minimum absolute atomic E-state index is 0.0498. The Morgan fingerprint density at radius 2 is 2.00 bits per heavy atom. The van der Waals surface area contributed by atoms with E-state index in [2.05, 4.69) is 4.74 Å². The molecule has 2 aromatic rings. The number of benzene rings is 1. The van der Waals surface area contributed by atoms with Crippen LogP contribution in [0, 0.1) is 0 Å². The summed E-state index contributed by atoms with van der Waals surface area (Å²) in [4.78, 5) is 22.7. The molecule has 0 fully saturated rings. The van der Waals surface area contributed by atoms with Gasteiger partial charge in [0.25, 0.3) is 0 Å². The summed E-state index contributed by atoms with van der Waals surface area (Å²) in [5.74, 6) is -1.47. The Labute approximate surface area is 118 Å². The molecule has 0 radical (unpaired) electrons. The Balaban J connectivity index is 2.37. The minimum atomic E-state index is -1.07. The Bertz CT molecular complexity index is 648. The summed E-state index contributed by atoms with van der Waals surface area (Å²) >= 11 is 7.16. The highest BCUT2D eigenvalue weighted by atomic mass is 35.5. The molecule has 1 aromatic carbocycles. The van der Waals surface area contributed by atoms with E-state index in [9.17, 15) is 9.59 Å². The van der Waals surface area contributed by atoms with Gasteiger partial charge in [-0.05, 0) is 34.7 Å². The van der Waals surface area contributed by atoms with Gasteiger partial charge >= 0.3 is 11.9 Å². The van der Waals surface area contributed by atoms with Crippen LogP contribution >= 0.6 is 22.9 Å². The highest BCUT2D eigenvalue weighted by Crippen LogP contribution is 2.29. The largest absolute Gasteiger partial charge is 0.478 e. The van der Waals surface area contributed by atoms with E-state index in [0.29, 0.717) is 4.88 Å². The molecular weight excluding hydrogens is 288 g/mol. The molecule has 0 aliphatic carbocycles. The van der Waals surface area contributed by atoms with Gasteiger partial charge in [0.05, 0.1) is 17.7 Å². The van der Waals surface area contributed by atoms with E-state index in [1.807, 2.05) is 0 Å². The Morgan fingerprint density at radius 3 is 2.58 bits per heavy atom. The molecule has 98 valence electrons. The molecule has 4 nitrogen and oxygen atoms in total. The first-order valence-corrected chi connectivity index (χ1v) is 6.48. The van der Waals surface area contributed by atoms with E-state index in [0.717, 1.165) is 11.1 Å². The van der Waals surface area contributed by atoms with Crippen molar-refractivity contribution in [1.29, 1.82) is 0 Å². The van der Waals surface area contributed by atoms with Gasteiger partial charge in [-0.3, -0.25) is 0 Å². The van der Waals surface area contributed by atoms with E-state index in [1.165, 1.54) is 24.5 Å². The van der Waals surface area contributed by atoms with Crippen LogP contribution in [0.3, 0.4) is 0 Å². The second-order valence-electron chi connectivity index (χ2n) is 3.69. The van der Waals surface area contributed by atoms with Crippen molar-refractivity contribution >= 4 is 34.9 Å². The van der Waals surface area contributed by atoms with Gasteiger partial charge in [0.15, 0.2) is 0 Å². The SMILES string of the molecule is COC(=O)c1cc(-c2ccc(C(=O)O)c(Cl)c2)cs1. The maximum atomic E-state index is 11.4. The van der Waals surface area contributed by atoms with E-state index in [1.54, 1.807) is 23.6 Å². The summed E-state index contributed by atoms with van der Waals surface area (Å²) in [7, 11) is 1.32. The van der Waals surface area contributed by atoms with Gasteiger partial charge in [0.2, 0.25) is 0 Å². The summed E-state index contributed by atoms with van der Waals surface area (Å²) in [6, 6.07) is 6.34. The van der Waals surface area contributed by atoms with E-state index in [-0.39, 0.29) is 10.6 Å². The number of rotatable bonds is 3. The van der Waals surface area contributed by atoms with E-state index in [4.69, 9.17) is 16.7 Å². The number of hydrogen-bond acceptors (Lipinski definition) is 4. The van der Waals surface area contributed by atoms with Crippen molar-refractivity contribution in [2.45, 2.75) is 0 Å². The number of esters is 1. The molecule has 0 saturated heterocycles. The van der Waals surface area contributed by atoms with Crippen molar-refractivity contribution in [1.82, 2.24) is 0 Å². The molecule has 6 heteroatoms. The Hall–Kier alpha value is -1.85. The zero-order valence-electron chi connectivity index (χ0n) is 9.84. The second-order valence-corrected chi connectivity index (χ2v) is 5.01. The molecule has 0 unspecified atom stereocenters. The molecule has 0 atom stereocenters. The molecule has 1 N–H and O–H groups in total. The molecule has 2 rings (SSSR count). The molecule has 0 saturated carbocycles. The van der Waals surface area contributed by atoms with Crippen LogP contribution in [0.25, 0.3) is 11.1 Å². The number of ether oxygens (including phenoxy) is 1. The first kappa shape index (κ1) is 13.6. The van der Waals surface area contributed by atoms with Crippen LogP contribution in [-0.4, -0.2) is 24.2 Å². The van der Waals surface area contributed by atoms with E-state index >= 15 is 0 Å². The molecule has 0 aliphatic rings. The molecule has 19 heavy (non-hydrogen) atoms. The van der Waals surface area contributed by atoms with Crippen molar-refractivity contribution in [2.75, 3.05) is 7.11 Å². The summed E-state index contributed by atoms with van der Waals surface area (Å²) < 4.78 is 4.63. The number of carbonyl (C=O) groups excluding carboxylic acids is 1. The van der Waals surface area contributed by atoms with Crippen LogP contribution in [0.15, 0.2) is 29.6 Å². The number of aromatic carboxylic acids is 1. The number of carbonyl (C=O) groups is 2. The normalized spacial score (nSPS) is 10.2. The van der Waals surface area contributed by atoms with Gasteiger partial charge < -0.3 is 9.84 Å². The summed E-state index contributed by atoms with van der Waals surface area (Å²) in [6.45, 7) is 0. The number of hydrogen-bond donors (Lipinski definition) is 1. The van der Waals surface area contributed by atoms with Gasteiger partial charge in [-0.15, -0.1) is 11.3 Å². The minimum Gasteiger partial charge on any atom is -0.478 e. The zero-order valence-corrected chi connectivity index (χ0v) is 11.4. The lowest BCUT2D eigenvalue weighted by atomic mass is 10.1. The van der Waals surface area contributed by atoms with Gasteiger partial charge in [0, 0.05) is 0 Å². The first-order chi connectivity index (χ1) is 9.02. The molecule has 0 spiro atoms. The van der Waals surface area contributed by atoms with Crippen LogP contribution < -0.4 is 0 Å². The van der Waals surface area contributed by atoms with Gasteiger partial charge in [0.1, 0.15) is 4.88 Å². The molecule has 0 amide bonds. The van der Waals surface area contributed by atoms with Crippen LogP contribution in [0.2, 0.25) is 5.02 Å². The summed E-state index contributed by atoms with van der Waals surface area (Å²) in [5.41, 5.74) is 1.60. The molecule has 1 heterocycles. The monoisotopic (exact) mass is 296 g/mol. The van der Waals surface area contributed by atoms with Crippen molar-refractivity contribution in [3.63, 3.8) is 0 Å². The average Bonchev–Trinajstić information content (AvgIpc) is 2.86. The average molecular weight is 297 g/mol. The van der Waals surface area contributed by atoms with Crippen molar-refractivity contribution in [2.24, 2.45) is 0 Å². The first-order valence-electron chi connectivity index (χ1n) is 5.23. The topological polar surface area (TPSA) is 63.6 Å².